The van der Waals surface area contributed by atoms with E-state index in [4.69, 9.17) is 0 Å². The number of aromatic amines is 1. The fourth-order valence-electron chi connectivity index (χ4n) is 4.01. The minimum absolute atomic E-state index is 0.0720. The van der Waals surface area contributed by atoms with Crippen molar-refractivity contribution < 1.29 is 4.39 Å². The maximum atomic E-state index is 13.9. The second-order valence-electron chi connectivity index (χ2n) is 7.06. The number of hydrogen-bond acceptors (Lipinski definition) is 3. The Balaban J connectivity index is 1.72. The summed E-state index contributed by atoms with van der Waals surface area (Å²) in [7, 11) is 0. The van der Waals surface area contributed by atoms with Crippen LogP contribution in [0.15, 0.2) is 43.2 Å². The number of aryl methyl sites for hydroxylation is 1. The third-order valence-electron chi connectivity index (χ3n) is 5.38. The van der Waals surface area contributed by atoms with Crippen LogP contribution in [0.2, 0.25) is 0 Å². The normalized spacial score (nSPS) is 17.1. The molecule has 1 atom stereocenters. The van der Waals surface area contributed by atoms with E-state index in [2.05, 4.69) is 33.5 Å². The zero-order valence-corrected chi connectivity index (χ0v) is 15.7. The molecule has 3 heterocycles. The molecule has 4 rings (SSSR count). The van der Waals surface area contributed by atoms with Gasteiger partial charge in [-0.15, -0.1) is 6.58 Å². The van der Waals surface area contributed by atoms with Gasteiger partial charge in [0.15, 0.2) is 0 Å². The Hall–Kier alpha value is -2.73. The van der Waals surface area contributed by atoms with Gasteiger partial charge in [-0.2, -0.15) is 5.10 Å². The van der Waals surface area contributed by atoms with Gasteiger partial charge in [0.25, 0.3) is 0 Å². The number of nitrogens with one attached hydrogen (secondary N) is 1. The van der Waals surface area contributed by atoms with E-state index in [1.54, 1.807) is 18.5 Å². The lowest BCUT2D eigenvalue weighted by Gasteiger charge is -2.35. The van der Waals surface area contributed by atoms with Gasteiger partial charge in [0.2, 0.25) is 0 Å². The summed E-state index contributed by atoms with van der Waals surface area (Å²) in [6.45, 7) is 10.3. The molecule has 1 aliphatic heterocycles. The maximum absolute atomic E-state index is 13.9. The first-order valence-electron chi connectivity index (χ1n) is 9.24. The summed E-state index contributed by atoms with van der Waals surface area (Å²) in [5, 5.41) is 4.65. The Morgan fingerprint density at radius 2 is 2.22 bits per heavy atom. The summed E-state index contributed by atoms with van der Waals surface area (Å²) in [5.74, 6) is -0.221. The van der Waals surface area contributed by atoms with E-state index in [1.807, 2.05) is 23.7 Å². The fraction of sp³-hybridized carbons (Fsp3) is 0.333. The Bertz CT molecular complexity index is 971. The highest BCUT2D eigenvalue weighted by molar-refractivity contribution is 5.34. The monoisotopic (exact) mass is 365 g/mol. The Morgan fingerprint density at radius 1 is 1.37 bits per heavy atom. The van der Waals surface area contributed by atoms with Crippen LogP contribution in [-0.2, 0) is 19.5 Å². The largest absolute Gasteiger partial charge is 0.348 e. The smallest absolute Gasteiger partial charge is 0.123 e. The molecule has 5 nitrogen and oxygen atoms in total. The van der Waals surface area contributed by atoms with Crippen LogP contribution in [0.1, 0.15) is 39.9 Å². The molecule has 0 aliphatic carbocycles. The summed E-state index contributed by atoms with van der Waals surface area (Å²) in [6.07, 6.45) is 4.49. The second kappa shape index (κ2) is 7.12. The van der Waals surface area contributed by atoms with E-state index < -0.39 is 0 Å². The zero-order valence-electron chi connectivity index (χ0n) is 15.7. The van der Waals surface area contributed by atoms with Crippen molar-refractivity contribution in [2.24, 2.45) is 0 Å². The average Bonchev–Trinajstić information content (AvgIpc) is 3.22. The summed E-state index contributed by atoms with van der Waals surface area (Å²) in [6, 6.07) is 6.77. The summed E-state index contributed by atoms with van der Waals surface area (Å²) < 4.78 is 15.9. The van der Waals surface area contributed by atoms with Crippen LogP contribution < -0.4 is 0 Å². The van der Waals surface area contributed by atoms with Crippen molar-refractivity contribution in [2.45, 2.75) is 39.4 Å². The standard InChI is InChI=1S/C21H24FN5/c1-4-9-27-15(3)18(14(2)25-27)12-26-10-8-19-20(24-13-23-19)21(26)16-6-5-7-17(22)11-16/h4-7,11,13,21H,1,8-10,12H2,2-3H3,(H,23,24). The number of imidazole rings is 1. The number of H-pyrrole nitrogens is 1. The van der Waals surface area contributed by atoms with Gasteiger partial charge >= 0.3 is 0 Å². The number of aromatic nitrogens is 4. The van der Waals surface area contributed by atoms with Gasteiger partial charge < -0.3 is 4.98 Å². The first-order chi connectivity index (χ1) is 13.1. The van der Waals surface area contributed by atoms with Crippen LogP contribution in [0.25, 0.3) is 0 Å². The predicted octanol–water partition coefficient (Wildman–Crippen LogP) is 3.70. The lowest BCUT2D eigenvalue weighted by atomic mass is 9.95. The highest BCUT2D eigenvalue weighted by Gasteiger charge is 2.32. The van der Waals surface area contributed by atoms with Crippen molar-refractivity contribution in [1.82, 2.24) is 24.6 Å². The second-order valence-corrected chi connectivity index (χ2v) is 7.06. The van der Waals surface area contributed by atoms with E-state index in [0.29, 0.717) is 6.54 Å². The van der Waals surface area contributed by atoms with E-state index in [-0.39, 0.29) is 11.9 Å². The number of benzene rings is 1. The molecule has 0 spiro atoms. The number of nitrogens with zero attached hydrogens (tertiary/aromatic N) is 4. The highest BCUT2D eigenvalue weighted by Crippen LogP contribution is 2.35. The van der Waals surface area contributed by atoms with E-state index in [1.165, 1.54) is 11.6 Å². The molecule has 1 aromatic carbocycles. The molecule has 2 aromatic heterocycles. The number of halogens is 1. The topological polar surface area (TPSA) is 49.7 Å². The molecule has 6 heteroatoms. The third kappa shape index (κ3) is 3.21. The van der Waals surface area contributed by atoms with Gasteiger partial charge in [-0.1, -0.05) is 18.2 Å². The fourth-order valence-corrected chi connectivity index (χ4v) is 4.01. The molecular weight excluding hydrogens is 341 g/mol. The maximum Gasteiger partial charge on any atom is 0.123 e. The van der Waals surface area contributed by atoms with E-state index in [0.717, 1.165) is 47.8 Å². The average molecular weight is 365 g/mol. The molecule has 3 aromatic rings. The quantitative estimate of drug-likeness (QED) is 0.702. The molecule has 0 saturated heterocycles. The van der Waals surface area contributed by atoms with Gasteiger partial charge in [0, 0.05) is 36.5 Å². The van der Waals surface area contributed by atoms with Crippen molar-refractivity contribution in [2.75, 3.05) is 6.54 Å². The van der Waals surface area contributed by atoms with Gasteiger partial charge in [-0.25, -0.2) is 9.37 Å². The van der Waals surface area contributed by atoms with Crippen LogP contribution in [0.3, 0.4) is 0 Å². The molecule has 1 unspecified atom stereocenters. The summed E-state index contributed by atoms with van der Waals surface area (Å²) >= 11 is 0. The van der Waals surface area contributed by atoms with Crippen molar-refractivity contribution in [1.29, 1.82) is 0 Å². The molecular formula is C21H24FN5. The number of allylic oxidation sites excluding steroid dienone is 1. The number of hydrogen-bond donors (Lipinski definition) is 1. The molecule has 0 amide bonds. The summed E-state index contributed by atoms with van der Waals surface area (Å²) in [5.41, 5.74) is 6.45. The first-order valence-corrected chi connectivity index (χ1v) is 9.24. The molecule has 1 aliphatic rings. The Morgan fingerprint density at radius 3 is 3.00 bits per heavy atom. The highest BCUT2D eigenvalue weighted by atomic mass is 19.1. The minimum atomic E-state index is -0.221. The van der Waals surface area contributed by atoms with Gasteiger partial charge in [-0.3, -0.25) is 9.58 Å². The van der Waals surface area contributed by atoms with Gasteiger partial charge in [-0.05, 0) is 31.5 Å². The number of rotatable bonds is 5. The minimum Gasteiger partial charge on any atom is -0.348 e. The molecule has 140 valence electrons. The molecule has 0 saturated carbocycles. The number of fused-ring (bicyclic) bond motifs is 1. The van der Waals surface area contributed by atoms with Crippen molar-refractivity contribution in [3.05, 3.63) is 83.0 Å². The molecule has 0 bridgehead atoms. The Labute approximate surface area is 158 Å². The van der Waals surface area contributed by atoms with Crippen LogP contribution in [0.4, 0.5) is 4.39 Å². The van der Waals surface area contributed by atoms with Crippen LogP contribution in [0.5, 0.6) is 0 Å². The van der Waals surface area contributed by atoms with Crippen LogP contribution in [0, 0.1) is 19.7 Å². The SMILES string of the molecule is C=CCn1nc(C)c(CN2CCc3[nH]cnc3C2c2cccc(F)c2)c1C. The van der Waals surface area contributed by atoms with Crippen LogP contribution >= 0.6 is 0 Å². The lowest BCUT2D eigenvalue weighted by Crippen LogP contribution is -2.36. The lowest BCUT2D eigenvalue weighted by molar-refractivity contribution is 0.199. The molecule has 0 radical (unpaired) electrons. The predicted molar refractivity (Wildman–Crippen MR) is 103 cm³/mol. The van der Waals surface area contributed by atoms with E-state index in [9.17, 15) is 4.39 Å². The molecule has 27 heavy (non-hydrogen) atoms. The summed E-state index contributed by atoms with van der Waals surface area (Å²) in [4.78, 5) is 10.2. The molecule has 0 fully saturated rings. The van der Waals surface area contributed by atoms with E-state index >= 15 is 0 Å². The van der Waals surface area contributed by atoms with Gasteiger partial charge in [0.1, 0.15) is 5.82 Å². The van der Waals surface area contributed by atoms with Gasteiger partial charge in [0.05, 0.1) is 30.3 Å². The molecule has 1 N–H and O–H groups in total. The Kier molecular flexibility index (Phi) is 4.66. The van der Waals surface area contributed by atoms with Crippen molar-refractivity contribution in [3.8, 4) is 0 Å². The van der Waals surface area contributed by atoms with Crippen molar-refractivity contribution >= 4 is 0 Å². The van der Waals surface area contributed by atoms with Crippen molar-refractivity contribution in [3.63, 3.8) is 0 Å². The van der Waals surface area contributed by atoms with Crippen LogP contribution in [-0.4, -0.2) is 31.2 Å². The zero-order chi connectivity index (χ0) is 19.0. The first kappa shape index (κ1) is 17.7. The third-order valence-corrected chi connectivity index (χ3v) is 5.38.